The van der Waals surface area contributed by atoms with E-state index in [1.165, 1.54) is 24.3 Å². The van der Waals surface area contributed by atoms with Gasteiger partial charge in [0.15, 0.2) is 0 Å². The number of fused-ring (bicyclic) bond motifs is 6. The van der Waals surface area contributed by atoms with Gasteiger partial charge in [0.05, 0.1) is 49.4 Å². The van der Waals surface area contributed by atoms with Crippen LogP contribution in [0.15, 0.2) is 240 Å². The van der Waals surface area contributed by atoms with Crippen molar-refractivity contribution in [2.45, 2.75) is 9.79 Å². The van der Waals surface area contributed by atoms with Crippen LogP contribution in [0.1, 0.15) is 5.56 Å². The molecule has 3 aromatic heterocycles. The van der Waals surface area contributed by atoms with Crippen LogP contribution in [0.5, 0.6) is 0 Å². The molecule has 0 aliphatic rings. The van der Waals surface area contributed by atoms with Gasteiger partial charge >= 0.3 is 0 Å². The molecule has 320 valence electrons. The van der Waals surface area contributed by atoms with Crippen molar-refractivity contribution in [3.8, 4) is 45.6 Å². The second kappa shape index (κ2) is 15.3. The third kappa shape index (κ3) is 6.20. The highest BCUT2D eigenvalue weighted by molar-refractivity contribution is 7.91. The fraction of sp³-hybridized carbons (Fsp3) is 0. The van der Waals surface area contributed by atoms with Gasteiger partial charge in [0.1, 0.15) is 0 Å². The lowest BCUT2D eigenvalue weighted by atomic mass is 9.98. The second-order valence-corrected chi connectivity index (χ2v) is 19.3. The number of para-hydroxylation sites is 2. The van der Waals surface area contributed by atoms with Gasteiger partial charge in [-0.3, -0.25) is 0 Å². The second-order valence-electron chi connectivity index (χ2n) is 17.3. The molecule has 13 aromatic rings. The molecule has 0 unspecified atom stereocenters. The van der Waals surface area contributed by atoms with Crippen LogP contribution in [-0.2, 0) is 9.84 Å². The average molecular weight is 891 g/mol. The minimum absolute atomic E-state index is 0.135. The summed E-state index contributed by atoms with van der Waals surface area (Å²) in [6.07, 6.45) is 2.31. The molecule has 0 aliphatic heterocycles. The first-order valence-electron chi connectivity index (χ1n) is 22.5. The van der Waals surface area contributed by atoms with E-state index in [4.69, 9.17) is 0 Å². The Balaban J connectivity index is 1.17. The predicted molar refractivity (Wildman–Crippen MR) is 277 cm³/mol. The lowest BCUT2D eigenvalue weighted by molar-refractivity contribution is 0.596. The van der Waals surface area contributed by atoms with Crippen molar-refractivity contribution in [2.75, 3.05) is 0 Å². The molecule has 68 heavy (non-hydrogen) atoms. The van der Waals surface area contributed by atoms with E-state index in [-0.39, 0.29) is 9.79 Å². The fourth-order valence-electron chi connectivity index (χ4n) is 10.2. The monoisotopic (exact) mass is 890 g/mol. The van der Waals surface area contributed by atoms with Crippen molar-refractivity contribution < 1.29 is 8.42 Å². The van der Waals surface area contributed by atoms with Gasteiger partial charge in [0, 0.05) is 50.5 Å². The van der Waals surface area contributed by atoms with Gasteiger partial charge < -0.3 is 13.7 Å². The van der Waals surface area contributed by atoms with Crippen molar-refractivity contribution in [1.29, 1.82) is 5.26 Å². The van der Waals surface area contributed by atoms with Gasteiger partial charge in [-0.1, -0.05) is 109 Å². The van der Waals surface area contributed by atoms with E-state index >= 15 is 0 Å². The zero-order valence-electron chi connectivity index (χ0n) is 36.5. The first-order chi connectivity index (χ1) is 33.4. The molecule has 0 radical (unpaired) electrons. The van der Waals surface area contributed by atoms with Crippen LogP contribution in [0.3, 0.4) is 0 Å². The van der Waals surface area contributed by atoms with Crippen LogP contribution in [0.2, 0.25) is 0 Å². The largest absolute Gasteiger partial charge is 0.316 e. The van der Waals surface area contributed by atoms with E-state index in [1.807, 2.05) is 12.1 Å². The van der Waals surface area contributed by atoms with Gasteiger partial charge in [-0.15, -0.1) is 0 Å². The average Bonchev–Trinajstić information content (AvgIpc) is 4.05. The van der Waals surface area contributed by atoms with E-state index in [2.05, 4.69) is 202 Å². The number of hydrogen-bond acceptors (Lipinski definition) is 3. The predicted octanol–water partition coefficient (Wildman–Crippen LogP) is 15.0. The molecule has 7 heteroatoms. The summed E-state index contributed by atoms with van der Waals surface area (Å²) in [6.45, 7) is 0. The Morgan fingerprint density at radius 2 is 0.868 bits per heavy atom. The summed E-state index contributed by atoms with van der Waals surface area (Å²) < 4.78 is 35.2. The van der Waals surface area contributed by atoms with Crippen LogP contribution in [0.4, 0.5) is 0 Å². The van der Waals surface area contributed by atoms with Crippen LogP contribution in [-0.4, -0.2) is 22.1 Å². The summed E-state index contributed by atoms with van der Waals surface area (Å²) >= 11 is 0. The summed E-state index contributed by atoms with van der Waals surface area (Å²) in [5.74, 6) is 0. The smallest absolute Gasteiger partial charge is 0.206 e. The van der Waals surface area contributed by atoms with Gasteiger partial charge in [-0.05, 0) is 148 Å². The van der Waals surface area contributed by atoms with Crippen LogP contribution in [0.25, 0.3) is 105 Å². The molecule has 0 atom stereocenters. The molecule has 0 fully saturated rings. The molecule has 0 saturated carbocycles. The molecule has 0 N–H and O–H groups in total. The van der Waals surface area contributed by atoms with E-state index in [0.29, 0.717) is 5.56 Å². The van der Waals surface area contributed by atoms with Crippen LogP contribution in [0, 0.1) is 11.3 Å². The Labute approximate surface area is 392 Å². The molecule has 0 amide bonds. The Morgan fingerprint density at radius 3 is 1.46 bits per heavy atom. The van der Waals surface area contributed by atoms with Crippen molar-refractivity contribution in [3.63, 3.8) is 0 Å². The van der Waals surface area contributed by atoms with E-state index in [1.54, 1.807) is 12.1 Å². The highest BCUT2D eigenvalue weighted by Gasteiger charge is 2.29. The third-order valence-corrected chi connectivity index (χ3v) is 15.2. The van der Waals surface area contributed by atoms with Gasteiger partial charge in [-0.25, -0.2) is 8.42 Å². The summed E-state index contributed by atoms with van der Waals surface area (Å²) in [5, 5.41) is 19.4. The van der Waals surface area contributed by atoms with Crippen LogP contribution >= 0.6 is 0 Å². The van der Waals surface area contributed by atoms with Crippen molar-refractivity contribution in [2.24, 2.45) is 0 Å². The number of nitrogens with zero attached hydrogens (tertiary/aromatic N) is 4. The van der Waals surface area contributed by atoms with E-state index in [9.17, 15) is 13.7 Å². The third-order valence-electron chi connectivity index (χ3n) is 13.4. The maximum absolute atomic E-state index is 14.1. The SMILES string of the molecule is N#Cc1ccc(S(=O)(=O)c2ccc(-n3c(-c4c(-c5cn(-c6ccccc6)c6cc7ccccc7cc56)n(-c5ccccc5)c5cc6ccccc6cc45)cc4cc5ccccc5cc43)cc2)cc1. The maximum atomic E-state index is 14.1. The quantitative estimate of drug-likeness (QED) is 0.160. The van der Waals surface area contributed by atoms with Crippen molar-refractivity contribution in [3.05, 3.63) is 236 Å². The molecule has 6 nitrogen and oxygen atoms in total. The molecular weight excluding hydrogens is 853 g/mol. The van der Waals surface area contributed by atoms with Gasteiger partial charge in [0.2, 0.25) is 9.84 Å². The minimum Gasteiger partial charge on any atom is -0.316 e. The summed E-state index contributed by atoms with van der Waals surface area (Å²) in [4.78, 5) is 0.305. The molecule has 0 bridgehead atoms. The topological polar surface area (TPSA) is 72.7 Å². The first-order valence-corrected chi connectivity index (χ1v) is 24.0. The highest BCUT2D eigenvalue weighted by Crippen LogP contribution is 2.49. The molecular formula is C61H38N4O2S. The maximum Gasteiger partial charge on any atom is 0.206 e. The molecule has 13 rings (SSSR count). The lowest BCUT2D eigenvalue weighted by Gasteiger charge is -2.16. The van der Waals surface area contributed by atoms with Crippen molar-refractivity contribution >= 4 is 74.9 Å². The van der Waals surface area contributed by atoms with Gasteiger partial charge in [-0.2, -0.15) is 5.26 Å². The van der Waals surface area contributed by atoms with Crippen molar-refractivity contribution in [1.82, 2.24) is 13.7 Å². The first kappa shape index (κ1) is 39.4. The lowest BCUT2D eigenvalue weighted by Crippen LogP contribution is -2.03. The number of nitriles is 1. The Morgan fingerprint density at radius 1 is 0.397 bits per heavy atom. The molecule has 10 aromatic carbocycles. The fourth-order valence-corrected chi connectivity index (χ4v) is 11.5. The number of hydrogen-bond donors (Lipinski definition) is 0. The van der Waals surface area contributed by atoms with E-state index in [0.717, 1.165) is 105 Å². The summed E-state index contributed by atoms with van der Waals surface area (Å²) in [6, 6.07) is 78.2. The summed E-state index contributed by atoms with van der Waals surface area (Å²) in [5.41, 5.74) is 10.6. The molecule has 0 aliphatic carbocycles. The van der Waals surface area contributed by atoms with E-state index < -0.39 is 9.84 Å². The zero-order valence-corrected chi connectivity index (χ0v) is 37.3. The number of rotatable bonds is 7. The number of sulfone groups is 1. The zero-order chi connectivity index (χ0) is 45.5. The Hall–Kier alpha value is -8.96. The molecule has 3 heterocycles. The molecule has 0 saturated heterocycles. The Bertz CT molecular complexity index is 4310. The standard InChI is InChI=1S/C61H38N4O2S/c62-38-40-23-27-51(28-24-40)68(66,67)52-29-25-50(26-30-52)64-56-34-44-16-10-7-13-41(44)31-47(56)37-59(64)60-54-33-43-15-9-12-18-46(43)36-58(54)65(49-21-5-2-6-22-49)61(60)55-39-63(48-19-3-1-4-20-48)57-35-45-17-11-8-14-42(45)32-53(55)57/h1-37,39H. The number of aromatic nitrogens is 3. The Kier molecular flexibility index (Phi) is 8.88. The molecule has 0 spiro atoms. The highest BCUT2D eigenvalue weighted by atomic mass is 32.2. The number of benzene rings is 10. The van der Waals surface area contributed by atoms with Gasteiger partial charge in [0.25, 0.3) is 0 Å². The normalized spacial score (nSPS) is 11.9. The summed E-state index contributed by atoms with van der Waals surface area (Å²) in [7, 11) is -3.88. The van der Waals surface area contributed by atoms with Crippen LogP contribution < -0.4 is 0 Å². The minimum atomic E-state index is -3.88.